The van der Waals surface area contributed by atoms with Gasteiger partial charge in [-0.05, 0) is 12.1 Å². The molecule has 0 bridgehead atoms. The lowest BCUT2D eigenvalue weighted by atomic mass is 10.3. The van der Waals surface area contributed by atoms with E-state index in [1.165, 1.54) is 11.3 Å². The van der Waals surface area contributed by atoms with Gasteiger partial charge >= 0.3 is 6.03 Å². The summed E-state index contributed by atoms with van der Waals surface area (Å²) in [6, 6.07) is 5.10. The first kappa shape index (κ1) is 12.5. The summed E-state index contributed by atoms with van der Waals surface area (Å²) in [6.07, 6.45) is 0. The molecule has 0 radical (unpaired) electrons. The number of hydrogen-bond donors (Lipinski definition) is 5. The number of amides is 2. The molecule has 0 aliphatic carbocycles. The first-order valence-electron chi connectivity index (χ1n) is 4.95. The number of carbonyl (C=O) groups excluding carboxylic acids is 1. The second-order valence-corrected chi connectivity index (χ2v) is 4.21. The topological polar surface area (TPSA) is 113 Å². The number of hydrogen-bond acceptors (Lipinski definition) is 7. The second-order valence-electron chi connectivity index (χ2n) is 3.17. The summed E-state index contributed by atoms with van der Waals surface area (Å²) < 4.78 is 6.11. The van der Waals surface area contributed by atoms with Gasteiger partial charge in [0.25, 0.3) is 0 Å². The van der Waals surface area contributed by atoms with Crippen molar-refractivity contribution in [3.8, 4) is 5.75 Å². The van der Waals surface area contributed by atoms with Crippen molar-refractivity contribution >= 4 is 32.7 Å². The molecule has 0 spiro atoms. The molecule has 1 aromatic carbocycles. The molecular weight excluding hydrogens is 256 g/mol. The molecule has 2 rings (SSSR count). The molecular formula is C9H12N6O2S. The van der Waals surface area contributed by atoms with Gasteiger partial charge in [-0.25, -0.2) is 9.78 Å². The maximum absolute atomic E-state index is 11.4. The van der Waals surface area contributed by atoms with E-state index in [1.807, 2.05) is 18.2 Å². The van der Waals surface area contributed by atoms with E-state index >= 15 is 0 Å². The van der Waals surface area contributed by atoms with E-state index in [2.05, 4.69) is 26.8 Å². The average Bonchev–Trinajstić information content (AvgIpc) is 2.78. The molecule has 0 saturated heterocycles. The van der Waals surface area contributed by atoms with E-state index in [0.717, 1.165) is 4.70 Å². The van der Waals surface area contributed by atoms with Crippen LogP contribution in [0, 0.1) is 0 Å². The van der Waals surface area contributed by atoms with Gasteiger partial charge in [-0.2, -0.15) is 11.1 Å². The third kappa shape index (κ3) is 2.65. The van der Waals surface area contributed by atoms with Gasteiger partial charge in [-0.3, -0.25) is 16.6 Å². The number of aromatic nitrogens is 1. The van der Waals surface area contributed by atoms with Crippen molar-refractivity contribution in [1.29, 1.82) is 0 Å². The number of hydrazine groups is 3. The number of carbonyl (C=O) groups is 1. The first-order chi connectivity index (χ1) is 8.74. The molecule has 18 heavy (non-hydrogen) atoms. The molecule has 9 heteroatoms. The monoisotopic (exact) mass is 268 g/mol. The molecule has 0 aliphatic heterocycles. The van der Waals surface area contributed by atoms with Gasteiger partial charge in [0.1, 0.15) is 11.3 Å². The Balaban J connectivity index is 2.17. The van der Waals surface area contributed by atoms with Gasteiger partial charge in [0, 0.05) is 0 Å². The summed E-state index contributed by atoms with van der Waals surface area (Å²) >= 11 is 1.35. The van der Waals surface area contributed by atoms with Crippen molar-refractivity contribution in [3.63, 3.8) is 0 Å². The van der Waals surface area contributed by atoms with Crippen molar-refractivity contribution in [2.24, 2.45) is 5.84 Å². The Bertz CT molecular complexity index is 557. The van der Waals surface area contributed by atoms with Gasteiger partial charge in [-0.15, -0.1) is 0 Å². The predicted molar refractivity (Wildman–Crippen MR) is 68.8 cm³/mol. The van der Waals surface area contributed by atoms with Crippen LogP contribution in [-0.4, -0.2) is 18.1 Å². The Labute approximate surface area is 106 Å². The Morgan fingerprint density at radius 1 is 1.50 bits per heavy atom. The number of anilines is 1. The third-order valence-corrected chi connectivity index (χ3v) is 3.01. The summed E-state index contributed by atoms with van der Waals surface area (Å²) in [6.45, 7) is 0. The summed E-state index contributed by atoms with van der Waals surface area (Å²) in [7, 11) is 1.57. The van der Waals surface area contributed by atoms with Crippen molar-refractivity contribution in [1.82, 2.24) is 21.5 Å². The number of thiazole rings is 1. The van der Waals surface area contributed by atoms with Gasteiger partial charge in [0.05, 0.1) is 11.8 Å². The molecule has 96 valence electrons. The van der Waals surface area contributed by atoms with Crippen LogP contribution in [0.15, 0.2) is 18.2 Å². The van der Waals surface area contributed by atoms with Crippen LogP contribution < -0.4 is 32.4 Å². The van der Waals surface area contributed by atoms with Crippen LogP contribution >= 0.6 is 11.3 Å². The van der Waals surface area contributed by atoms with E-state index in [1.54, 1.807) is 7.11 Å². The number of fused-ring (bicyclic) bond motifs is 1. The molecule has 2 aromatic rings. The highest BCUT2D eigenvalue weighted by Gasteiger charge is 2.10. The summed E-state index contributed by atoms with van der Waals surface area (Å²) in [5.41, 5.74) is 7.28. The molecule has 8 nitrogen and oxygen atoms in total. The first-order valence-corrected chi connectivity index (χ1v) is 5.77. The smallest absolute Gasteiger partial charge is 0.336 e. The van der Waals surface area contributed by atoms with Crippen LogP contribution in [0.1, 0.15) is 0 Å². The minimum atomic E-state index is -0.481. The highest BCUT2D eigenvalue weighted by Crippen LogP contribution is 2.31. The number of nitrogens with two attached hydrogens (primary N) is 1. The fraction of sp³-hybridized carbons (Fsp3) is 0.111. The number of benzene rings is 1. The summed E-state index contributed by atoms with van der Waals surface area (Å²) in [5, 5.41) is 3.02. The van der Waals surface area contributed by atoms with Crippen molar-refractivity contribution in [2.75, 3.05) is 12.4 Å². The number of rotatable bonds is 4. The quantitative estimate of drug-likeness (QED) is 0.403. The molecule has 0 saturated carbocycles. The largest absolute Gasteiger partial charge is 0.494 e. The van der Waals surface area contributed by atoms with Crippen LogP contribution in [0.5, 0.6) is 5.75 Å². The Morgan fingerprint density at radius 2 is 2.33 bits per heavy atom. The molecule has 0 fully saturated rings. The van der Waals surface area contributed by atoms with Crippen LogP contribution in [0.3, 0.4) is 0 Å². The zero-order valence-electron chi connectivity index (χ0n) is 9.48. The van der Waals surface area contributed by atoms with E-state index in [9.17, 15) is 4.79 Å². The van der Waals surface area contributed by atoms with Crippen molar-refractivity contribution < 1.29 is 9.53 Å². The summed E-state index contributed by atoms with van der Waals surface area (Å²) in [4.78, 5) is 15.6. The Kier molecular flexibility index (Phi) is 3.89. The summed E-state index contributed by atoms with van der Waals surface area (Å²) in [5.74, 6) is 5.60. The number of para-hydroxylation sites is 1. The highest BCUT2D eigenvalue weighted by molar-refractivity contribution is 7.22. The number of methoxy groups -OCH3 is 1. The Morgan fingerprint density at radius 3 is 3.06 bits per heavy atom. The molecule has 2 amide bonds. The average molecular weight is 268 g/mol. The number of ether oxygens (including phenoxy) is 1. The van der Waals surface area contributed by atoms with Gasteiger partial charge in [0.2, 0.25) is 0 Å². The molecule has 0 unspecified atom stereocenters. The van der Waals surface area contributed by atoms with Crippen LogP contribution in [-0.2, 0) is 0 Å². The van der Waals surface area contributed by atoms with E-state index in [-0.39, 0.29) is 0 Å². The number of urea groups is 1. The predicted octanol–water partition coefficient (Wildman–Crippen LogP) is 0.309. The van der Waals surface area contributed by atoms with E-state index in [0.29, 0.717) is 16.4 Å². The van der Waals surface area contributed by atoms with E-state index < -0.39 is 6.03 Å². The van der Waals surface area contributed by atoms with Gasteiger partial charge in [0.15, 0.2) is 5.13 Å². The number of nitrogens with zero attached hydrogens (tertiary/aromatic N) is 1. The lowest BCUT2D eigenvalue weighted by Gasteiger charge is -2.04. The maximum atomic E-state index is 11.4. The van der Waals surface area contributed by atoms with Crippen molar-refractivity contribution in [3.05, 3.63) is 18.2 Å². The second kappa shape index (κ2) is 5.60. The molecule has 0 aliphatic rings. The third-order valence-electron chi connectivity index (χ3n) is 2.07. The minimum Gasteiger partial charge on any atom is -0.494 e. The SMILES string of the molecule is COc1cccc2sc(NC(=O)NNNN)nc12. The molecule has 1 aromatic heterocycles. The minimum absolute atomic E-state index is 0.464. The van der Waals surface area contributed by atoms with E-state index in [4.69, 9.17) is 10.6 Å². The fourth-order valence-corrected chi connectivity index (χ4v) is 2.24. The molecule has 1 heterocycles. The lowest BCUT2D eigenvalue weighted by molar-refractivity contribution is 0.245. The molecule has 6 N–H and O–H groups in total. The zero-order chi connectivity index (χ0) is 13.0. The number of nitrogens with one attached hydrogen (secondary N) is 4. The lowest BCUT2D eigenvalue weighted by Crippen LogP contribution is -2.51. The Hall–Kier alpha value is -1.94. The maximum Gasteiger partial charge on any atom is 0.336 e. The molecule has 0 atom stereocenters. The highest BCUT2D eigenvalue weighted by atomic mass is 32.1. The van der Waals surface area contributed by atoms with Gasteiger partial charge < -0.3 is 4.74 Å². The van der Waals surface area contributed by atoms with Crippen LogP contribution in [0.2, 0.25) is 0 Å². The normalized spacial score (nSPS) is 10.3. The standard InChI is InChI=1S/C9H12N6O2S/c1-17-5-3-2-4-6-7(5)11-9(18-6)12-8(16)13-15-14-10/h2-4,14-15H,10H2,1H3,(H2,11,12,13,16). The van der Waals surface area contributed by atoms with Crippen LogP contribution in [0.4, 0.5) is 9.93 Å². The van der Waals surface area contributed by atoms with Crippen LogP contribution in [0.25, 0.3) is 10.2 Å². The zero-order valence-corrected chi connectivity index (χ0v) is 10.3. The van der Waals surface area contributed by atoms with Crippen molar-refractivity contribution in [2.45, 2.75) is 0 Å². The van der Waals surface area contributed by atoms with Gasteiger partial charge in [-0.1, -0.05) is 17.4 Å². The fourth-order valence-electron chi connectivity index (χ4n) is 1.36.